The molecule has 0 aliphatic heterocycles. The van der Waals surface area contributed by atoms with Crippen LogP contribution in [0, 0.1) is 0 Å². The fourth-order valence-electron chi connectivity index (χ4n) is 0.408. The van der Waals surface area contributed by atoms with Crippen LogP contribution in [0.1, 0.15) is 6.92 Å². The van der Waals surface area contributed by atoms with Crippen LogP contribution in [-0.4, -0.2) is 28.1 Å². The minimum Gasteiger partial charge on any atom is -0.478 e. The Kier molecular flexibility index (Phi) is 2.63. The van der Waals surface area contributed by atoms with Gasteiger partial charge in [-0.15, -0.1) is 0 Å². The fraction of sp³-hybridized carbons (Fsp3) is 0.750. The van der Waals surface area contributed by atoms with E-state index in [0.717, 1.165) is 0 Å². The summed E-state index contributed by atoms with van der Waals surface area (Å²) >= 11 is 0. The first-order valence-corrected chi connectivity index (χ1v) is 2.56. The number of aliphatic carboxylic acids is 1. The SMILES string of the molecule is CC(F)(F)C(F)(C(=O)O)N(F)F. The Morgan fingerprint density at radius 2 is 1.67 bits per heavy atom. The van der Waals surface area contributed by atoms with E-state index in [4.69, 9.17) is 5.11 Å². The summed E-state index contributed by atoms with van der Waals surface area (Å²) in [7, 11) is 0. The molecule has 1 atom stereocenters. The summed E-state index contributed by atoms with van der Waals surface area (Å²) in [6.45, 7) is -0.257. The van der Waals surface area contributed by atoms with Crippen molar-refractivity contribution in [2.24, 2.45) is 0 Å². The molecule has 1 N–H and O–H groups in total. The Morgan fingerprint density at radius 1 is 1.33 bits per heavy atom. The van der Waals surface area contributed by atoms with Gasteiger partial charge in [-0.2, -0.15) is 0 Å². The number of nitrogens with zero attached hydrogens (tertiary/aromatic N) is 1. The molecule has 0 amide bonds. The van der Waals surface area contributed by atoms with Gasteiger partial charge in [-0.05, 0) is 0 Å². The molecule has 0 aromatic heterocycles. The van der Waals surface area contributed by atoms with Crippen LogP contribution in [0.25, 0.3) is 0 Å². The lowest BCUT2D eigenvalue weighted by atomic mass is 10.1. The number of carboxylic acid groups (broad SMARTS) is 1. The first kappa shape index (κ1) is 11.1. The molecule has 3 nitrogen and oxygen atoms in total. The van der Waals surface area contributed by atoms with Gasteiger partial charge in [0.1, 0.15) is 0 Å². The van der Waals surface area contributed by atoms with Gasteiger partial charge < -0.3 is 5.11 Å². The van der Waals surface area contributed by atoms with Crippen LogP contribution in [0.3, 0.4) is 0 Å². The van der Waals surface area contributed by atoms with E-state index >= 15 is 0 Å². The van der Waals surface area contributed by atoms with Gasteiger partial charge >= 0.3 is 17.7 Å². The molecule has 72 valence electrons. The molecule has 0 bridgehead atoms. The standard InChI is InChI=1S/C4H4F5NO2/c1-3(5,6)4(7,2(11)12)10(8)9/h1H3,(H,11,12). The van der Waals surface area contributed by atoms with E-state index < -0.39 is 23.0 Å². The lowest BCUT2D eigenvalue weighted by molar-refractivity contribution is -0.331. The Hall–Kier alpha value is -0.920. The topological polar surface area (TPSA) is 40.5 Å². The minimum atomic E-state index is -4.98. The molecule has 1 unspecified atom stereocenters. The number of alkyl halides is 3. The summed E-state index contributed by atoms with van der Waals surface area (Å²) in [6.07, 6.45) is 0. The van der Waals surface area contributed by atoms with Crippen molar-refractivity contribution in [3.8, 4) is 0 Å². The molecule has 0 radical (unpaired) electrons. The molecule has 0 aromatic rings. The van der Waals surface area contributed by atoms with Gasteiger partial charge in [-0.25, -0.2) is 18.0 Å². The monoisotopic (exact) mass is 193 g/mol. The largest absolute Gasteiger partial charge is 0.478 e. The molecule has 8 heteroatoms. The normalized spacial score (nSPS) is 17.6. The Balaban J connectivity index is 5.02. The highest BCUT2D eigenvalue weighted by Crippen LogP contribution is 2.36. The van der Waals surface area contributed by atoms with Crippen molar-refractivity contribution in [2.45, 2.75) is 18.6 Å². The summed E-state index contributed by atoms with van der Waals surface area (Å²) in [5, 5.41) is 5.09. The highest BCUT2D eigenvalue weighted by molar-refractivity contribution is 5.77. The second kappa shape index (κ2) is 2.85. The van der Waals surface area contributed by atoms with Crippen molar-refractivity contribution in [2.75, 3.05) is 0 Å². The first-order valence-electron chi connectivity index (χ1n) is 2.56. The minimum absolute atomic E-state index is 0.257. The molecule has 0 saturated heterocycles. The zero-order valence-electron chi connectivity index (χ0n) is 5.69. The Morgan fingerprint density at radius 3 is 1.67 bits per heavy atom. The number of carbonyl (C=O) groups is 1. The maximum Gasteiger partial charge on any atom is 0.378 e. The van der Waals surface area contributed by atoms with E-state index in [1.165, 1.54) is 0 Å². The van der Waals surface area contributed by atoms with Crippen LogP contribution in [0.2, 0.25) is 0 Å². The first-order chi connectivity index (χ1) is 5.14. The third kappa shape index (κ3) is 1.47. The Labute approximate surface area is 63.2 Å². The predicted molar refractivity (Wildman–Crippen MR) is 26.2 cm³/mol. The molecule has 0 rings (SSSR count). The van der Waals surface area contributed by atoms with Crippen molar-refractivity contribution in [1.29, 1.82) is 0 Å². The summed E-state index contributed by atoms with van der Waals surface area (Å²) in [5.41, 5.74) is 0. The number of rotatable bonds is 3. The van der Waals surface area contributed by atoms with Crippen LogP contribution < -0.4 is 0 Å². The maximum atomic E-state index is 12.4. The highest BCUT2D eigenvalue weighted by atomic mass is 19.4. The molecule has 0 aromatic carbocycles. The second-order valence-electron chi connectivity index (χ2n) is 2.05. The van der Waals surface area contributed by atoms with Gasteiger partial charge in [0, 0.05) is 6.92 Å². The van der Waals surface area contributed by atoms with Gasteiger partial charge in [0.15, 0.2) is 0 Å². The molecule has 0 fully saturated rings. The van der Waals surface area contributed by atoms with Crippen LogP contribution in [0.15, 0.2) is 0 Å². The number of hydrogen-bond donors (Lipinski definition) is 1. The van der Waals surface area contributed by atoms with E-state index in [1.807, 2.05) is 0 Å². The molecule has 0 saturated carbocycles. The second-order valence-corrected chi connectivity index (χ2v) is 2.05. The quantitative estimate of drug-likeness (QED) is 0.419. The zero-order valence-corrected chi connectivity index (χ0v) is 5.69. The lowest BCUT2D eigenvalue weighted by Crippen LogP contribution is -2.56. The molecule has 0 spiro atoms. The fourth-order valence-corrected chi connectivity index (χ4v) is 0.408. The van der Waals surface area contributed by atoms with Crippen molar-refractivity contribution < 1.29 is 32.0 Å². The van der Waals surface area contributed by atoms with E-state index in [-0.39, 0.29) is 6.92 Å². The molecule has 12 heavy (non-hydrogen) atoms. The number of carboxylic acids is 1. The van der Waals surface area contributed by atoms with Gasteiger partial charge in [0.2, 0.25) is 0 Å². The van der Waals surface area contributed by atoms with Gasteiger partial charge in [-0.1, -0.05) is 8.96 Å². The summed E-state index contributed by atoms with van der Waals surface area (Å²) in [6, 6.07) is 0. The van der Waals surface area contributed by atoms with Crippen molar-refractivity contribution in [3.63, 3.8) is 0 Å². The number of hydrogen-bond acceptors (Lipinski definition) is 2. The van der Waals surface area contributed by atoms with E-state index in [2.05, 4.69) is 0 Å². The molecule has 0 heterocycles. The molecule has 0 aliphatic carbocycles. The summed E-state index contributed by atoms with van der Waals surface area (Å²) < 4.78 is 59.2. The smallest absolute Gasteiger partial charge is 0.378 e. The van der Waals surface area contributed by atoms with Crippen LogP contribution in [0.4, 0.5) is 22.1 Å². The molecular weight excluding hydrogens is 189 g/mol. The Bertz CT molecular complexity index is 190. The lowest BCUT2D eigenvalue weighted by Gasteiger charge is -2.25. The maximum absolute atomic E-state index is 12.4. The summed E-state index contributed by atoms with van der Waals surface area (Å²) in [4.78, 5) is 9.73. The van der Waals surface area contributed by atoms with Crippen molar-refractivity contribution in [3.05, 3.63) is 0 Å². The van der Waals surface area contributed by atoms with Crippen LogP contribution in [0.5, 0.6) is 0 Å². The van der Waals surface area contributed by atoms with Gasteiger partial charge in [0.25, 0.3) is 0 Å². The molecular formula is C4H4F5NO2. The van der Waals surface area contributed by atoms with Gasteiger partial charge in [0.05, 0.1) is 5.34 Å². The average Bonchev–Trinajstić information content (AvgIpc) is 1.82. The third-order valence-corrected chi connectivity index (χ3v) is 1.10. The zero-order chi connectivity index (χ0) is 10.2. The third-order valence-electron chi connectivity index (χ3n) is 1.10. The van der Waals surface area contributed by atoms with Crippen LogP contribution in [-0.2, 0) is 4.79 Å². The van der Waals surface area contributed by atoms with Gasteiger partial charge in [-0.3, -0.25) is 0 Å². The summed E-state index contributed by atoms with van der Waals surface area (Å²) in [5.74, 6) is -12.6. The number of halogens is 5. The van der Waals surface area contributed by atoms with Crippen molar-refractivity contribution in [1.82, 2.24) is 5.34 Å². The van der Waals surface area contributed by atoms with E-state index in [1.54, 1.807) is 0 Å². The van der Waals surface area contributed by atoms with Crippen LogP contribution >= 0.6 is 0 Å². The van der Waals surface area contributed by atoms with E-state index in [9.17, 15) is 26.9 Å². The van der Waals surface area contributed by atoms with Crippen molar-refractivity contribution >= 4 is 5.97 Å². The predicted octanol–water partition coefficient (Wildman–Crippen LogP) is 1.46. The molecule has 0 aliphatic rings. The van der Waals surface area contributed by atoms with E-state index in [0.29, 0.717) is 0 Å². The average molecular weight is 193 g/mol. The highest BCUT2D eigenvalue weighted by Gasteiger charge is 2.64.